The maximum atomic E-state index is 9.79. The lowest BCUT2D eigenvalue weighted by molar-refractivity contribution is 0.116. The van der Waals surface area contributed by atoms with Gasteiger partial charge in [-0.05, 0) is 23.6 Å². The van der Waals surface area contributed by atoms with Gasteiger partial charge in [0.1, 0.15) is 0 Å². The lowest BCUT2D eigenvalue weighted by atomic mass is 10.0. The van der Waals surface area contributed by atoms with Crippen molar-refractivity contribution < 1.29 is 9.63 Å². The van der Waals surface area contributed by atoms with E-state index < -0.39 is 6.10 Å². The van der Waals surface area contributed by atoms with E-state index in [2.05, 4.69) is 10.1 Å². The van der Waals surface area contributed by atoms with Gasteiger partial charge in [0.2, 0.25) is 5.89 Å². The molecule has 0 amide bonds. The molecule has 0 aliphatic heterocycles. The van der Waals surface area contributed by atoms with E-state index >= 15 is 0 Å². The molecule has 1 atom stereocenters. The van der Waals surface area contributed by atoms with Crippen LogP contribution >= 0.6 is 23.2 Å². The van der Waals surface area contributed by atoms with Gasteiger partial charge in [0.05, 0.1) is 22.6 Å². The lowest BCUT2D eigenvalue weighted by Crippen LogP contribution is -2.17. The van der Waals surface area contributed by atoms with Gasteiger partial charge in [-0.15, -0.1) is 0 Å². The van der Waals surface area contributed by atoms with Crippen LogP contribution in [0.1, 0.15) is 31.1 Å². The second-order valence-corrected chi connectivity index (χ2v) is 5.86. The van der Waals surface area contributed by atoms with Gasteiger partial charge in [-0.3, -0.25) is 0 Å². The molecule has 20 heavy (non-hydrogen) atoms. The second-order valence-electron chi connectivity index (χ2n) is 5.05. The van der Waals surface area contributed by atoms with Crippen LogP contribution in [0.25, 0.3) is 0 Å². The number of aliphatic hydroxyl groups is 1. The van der Waals surface area contributed by atoms with E-state index in [9.17, 15) is 5.11 Å². The van der Waals surface area contributed by atoms with Crippen molar-refractivity contribution in [1.29, 1.82) is 0 Å². The van der Waals surface area contributed by atoms with Crippen LogP contribution in [0.2, 0.25) is 10.0 Å². The van der Waals surface area contributed by atoms with Crippen LogP contribution in [-0.2, 0) is 12.8 Å². The Labute approximate surface area is 127 Å². The highest BCUT2D eigenvalue weighted by atomic mass is 35.5. The zero-order valence-electron chi connectivity index (χ0n) is 11.3. The fourth-order valence-corrected chi connectivity index (χ4v) is 2.01. The molecular weight excluding hydrogens is 299 g/mol. The molecule has 4 nitrogen and oxygen atoms in total. The Kier molecular flexibility index (Phi) is 5.02. The third-order valence-corrected chi connectivity index (χ3v) is 3.75. The van der Waals surface area contributed by atoms with E-state index in [1.54, 1.807) is 12.1 Å². The van der Waals surface area contributed by atoms with Crippen LogP contribution in [0.4, 0.5) is 0 Å². The van der Waals surface area contributed by atoms with Gasteiger partial charge in [-0.25, -0.2) is 0 Å². The molecule has 1 aromatic carbocycles. The van der Waals surface area contributed by atoms with Crippen LogP contribution in [-0.4, -0.2) is 21.4 Å². The number of aromatic nitrogens is 2. The van der Waals surface area contributed by atoms with Crippen molar-refractivity contribution in [3.05, 3.63) is 45.5 Å². The smallest absolute Gasteiger partial charge is 0.229 e. The fourth-order valence-electron chi connectivity index (χ4n) is 1.69. The summed E-state index contributed by atoms with van der Waals surface area (Å²) in [5.41, 5.74) is 0.955. The Balaban J connectivity index is 2.03. The Bertz CT molecular complexity index is 584. The normalized spacial score (nSPS) is 12.9. The SMILES string of the molecule is CC(C)C(O)Cc1nc(Cc2ccc(Cl)c(Cl)c2)no1. The molecule has 0 aliphatic carbocycles. The average Bonchev–Trinajstić information content (AvgIpc) is 2.81. The van der Waals surface area contributed by atoms with E-state index in [-0.39, 0.29) is 5.92 Å². The molecular formula is C14H16Cl2N2O2. The molecule has 1 N–H and O–H groups in total. The van der Waals surface area contributed by atoms with E-state index in [4.69, 9.17) is 27.7 Å². The largest absolute Gasteiger partial charge is 0.392 e. The van der Waals surface area contributed by atoms with Crippen molar-refractivity contribution >= 4 is 23.2 Å². The Morgan fingerprint density at radius 3 is 2.65 bits per heavy atom. The summed E-state index contributed by atoms with van der Waals surface area (Å²) in [5.74, 6) is 1.16. The predicted octanol–water partition coefficient (Wildman–Crippen LogP) is 3.53. The Morgan fingerprint density at radius 2 is 2.00 bits per heavy atom. The molecule has 0 spiro atoms. The molecule has 0 saturated heterocycles. The quantitative estimate of drug-likeness (QED) is 0.917. The minimum atomic E-state index is -0.478. The summed E-state index contributed by atoms with van der Waals surface area (Å²) < 4.78 is 5.13. The van der Waals surface area contributed by atoms with Gasteiger partial charge in [0.25, 0.3) is 0 Å². The van der Waals surface area contributed by atoms with Gasteiger partial charge in [0, 0.05) is 6.42 Å². The number of hydrogen-bond donors (Lipinski definition) is 1. The fraction of sp³-hybridized carbons (Fsp3) is 0.429. The van der Waals surface area contributed by atoms with Crippen molar-refractivity contribution in [2.45, 2.75) is 32.8 Å². The standard InChI is InChI=1S/C14H16Cl2N2O2/c1-8(2)12(19)7-14-17-13(18-20-14)6-9-3-4-10(15)11(16)5-9/h3-5,8,12,19H,6-7H2,1-2H3. The highest BCUT2D eigenvalue weighted by Gasteiger charge is 2.15. The first-order valence-electron chi connectivity index (χ1n) is 6.39. The summed E-state index contributed by atoms with van der Waals surface area (Å²) in [6.07, 6.45) is 0.401. The zero-order valence-corrected chi connectivity index (χ0v) is 12.8. The number of nitrogens with zero attached hydrogens (tertiary/aromatic N) is 2. The van der Waals surface area contributed by atoms with Gasteiger partial charge in [-0.1, -0.05) is 48.3 Å². The molecule has 0 aliphatic rings. The van der Waals surface area contributed by atoms with Crippen molar-refractivity contribution in [1.82, 2.24) is 10.1 Å². The third-order valence-electron chi connectivity index (χ3n) is 3.01. The summed E-state index contributed by atoms with van der Waals surface area (Å²) >= 11 is 11.8. The molecule has 0 radical (unpaired) electrons. The molecule has 6 heteroatoms. The molecule has 1 aromatic heterocycles. The Morgan fingerprint density at radius 1 is 1.25 bits per heavy atom. The number of hydrogen-bond acceptors (Lipinski definition) is 4. The molecule has 0 bridgehead atoms. The van der Waals surface area contributed by atoms with E-state index in [1.807, 2.05) is 19.9 Å². The topological polar surface area (TPSA) is 59.2 Å². The zero-order chi connectivity index (χ0) is 14.7. The minimum Gasteiger partial charge on any atom is -0.392 e. The van der Waals surface area contributed by atoms with Crippen LogP contribution in [0.3, 0.4) is 0 Å². The highest BCUT2D eigenvalue weighted by molar-refractivity contribution is 6.42. The van der Waals surface area contributed by atoms with Crippen LogP contribution < -0.4 is 0 Å². The van der Waals surface area contributed by atoms with Crippen LogP contribution in [0, 0.1) is 5.92 Å². The first-order valence-corrected chi connectivity index (χ1v) is 7.14. The number of aliphatic hydroxyl groups excluding tert-OH is 1. The van der Waals surface area contributed by atoms with Crippen molar-refractivity contribution in [2.75, 3.05) is 0 Å². The van der Waals surface area contributed by atoms with E-state index in [0.29, 0.717) is 34.6 Å². The molecule has 108 valence electrons. The van der Waals surface area contributed by atoms with Gasteiger partial charge >= 0.3 is 0 Å². The molecule has 0 saturated carbocycles. The lowest BCUT2D eigenvalue weighted by Gasteiger charge is -2.10. The first kappa shape index (κ1) is 15.3. The summed E-state index contributed by atoms with van der Waals surface area (Å²) in [5, 5.41) is 14.7. The minimum absolute atomic E-state index is 0.153. The maximum absolute atomic E-state index is 9.79. The maximum Gasteiger partial charge on any atom is 0.229 e. The monoisotopic (exact) mass is 314 g/mol. The van der Waals surface area contributed by atoms with Gasteiger partial charge in [-0.2, -0.15) is 4.98 Å². The van der Waals surface area contributed by atoms with Crippen molar-refractivity contribution in [3.63, 3.8) is 0 Å². The summed E-state index contributed by atoms with van der Waals surface area (Å²) in [4.78, 5) is 4.27. The van der Waals surface area contributed by atoms with Gasteiger partial charge in [0.15, 0.2) is 5.82 Å². The highest BCUT2D eigenvalue weighted by Crippen LogP contribution is 2.23. The molecule has 0 fully saturated rings. The molecule has 2 aromatic rings. The second kappa shape index (κ2) is 6.57. The summed E-state index contributed by atoms with van der Waals surface area (Å²) in [6.45, 7) is 3.88. The molecule has 1 heterocycles. The van der Waals surface area contributed by atoms with Gasteiger partial charge < -0.3 is 9.63 Å². The van der Waals surface area contributed by atoms with Crippen molar-refractivity contribution in [2.24, 2.45) is 5.92 Å². The molecule has 1 unspecified atom stereocenters. The number of rotatable bonds is 5. The Hall–Kier alpha value is -1.10. The summed E-state index contributed by atoms with van der Waals surface area (Å²) in [6, 6.07) is 5.39. The van der Waals surface area contributed by atoms with Crippen LogP contribution in [0.5, 0.6) is 0 Å². The van der Waals surface area contributed by atoms with Crippen molar-refractivity contribution in [3.8, 4) is 0 Å². The first-order chi connectivity index (χ1) is 9.45. The average molecular weight is 315 g/mol. The predicted molar refractivity (Wildman–Crippen MR) is 78.1 cm³/mol. The summed E-state index contributed by atoms with van der Waals surface area (Å²) in [7, 11) is 0. The van der Waals surface area contributed by atoms with E-state index in [0.717, 1.165) is 5.56 Å². The molecule has 2 rings (SSSR count). The number of halogens is 2. The third kappa shape index (κ3) is 3.95. The van der Waals surface area contributed by atoms with E-state index in [1.165, 1.54) is 0 Å². The van der Waals surface area contributed by atoms with Crippen LogP contribution in [0.15, 0.2) is 22.7 Å². The number of benzene rings is 1.